The normalized spacial score (nSPS) is 11.3. The highest BCUT2D eigenvalue weighted by Crippen LogP contribution is 2.36. The third kappa shape index (κ3) is 2.50. The number of ether oxygens (including phenoxy) is 1. The maximum atomic E-state index is 5.94. The Labute approximate surface area is 141 Å². The van der Waals surface area contributed by atoms with Crippen LogP contribution in [0.2, 0.25) is 0 Å². The Morgan fingerprint density at radius 3 is 2.38 bits per heavy atom. The first-order valence-corrected chi connectivity index (χ1v) is 8.26. The van der Waals surface area contributed by atoms with E-state index < -0.39 is 0 Å². The minimum Gasteiger partial charge on any atom is -0.489 e. The SMILES string of the molecule is CC(C)Oc1ccc(-c2cccc3ccccc23)c2cccnc12. The first-order valence-electron chi connectivity index (χ1n) is 8.26. The van der Waals surface area contributed by atoms with E-state index in [2.05, 4.69) is 59.6 Å². The number of rotatable bonds is 3. The zero-order valence-corrected chi connectivity index (χ0v) is 13.9. The Bertz CT molecular complexity index is 1020. The third-order valence-corrected chi connectivity index (χ3v) is 4.18. The first-order chi connectivity index (χ1) is 11.7. The molecule has 3 aromatic carbocycles. The third-order valence-electron chi connectivity index (χ3n) is 4.18. The molecule has 0 saturated heterocycles. The maximum Gasteiger partial charge on any atom is 0.145 e. The molecule has 1 heterocycles. The molecule has 4 aromatic rings. The topological polar surface area (TPSA) is 22.1 Å². The quantitative estimate of drug-likeness (QED) is 0.474. The van der Waals surface area contributed by atoms with Crippen LogP contribution in [0.4, 0.5) is 0 Å². The van der Waals surface area contributed by atoms with Crippen molar-refractivity contribution >= 4 is 21.7 Å². The molecule has 0 amide bonds. The molecular formula is C22H19NO. The van der Waals surface area contributed by atoms with Gasteiger partial charge in [0.05, 0.1) is 6.10 Å². The molecule has 4 rings (SSSR count). The van der Waals surface area contributed by atoms with E-state index in [1.54, 1.807) is 0 Å². The van der Waals surface area contributed by atoms with Crippen LogP contribution < -0.4 is 4.74 Å². The average Bonchev–Trinajstić information content (AvgIpc) is 2.61. The van der Waals surface area contributed by atoms with E-state index in [9.17, 15) is 0 Å². The van der Waals surface area contributed by atoms with Crippen LogP contribution in [0.15, 0.2) is 72.9 Å². The van der Waals surface area contributed by atoms with Gasteiger partial charge < -0.3 is 4.74 Å². The van der Waals surface area contributed by atoms with Crippen molar-refractivity contribution in [3.05, 3.63) is 72.9 Å². The second-order valence-electron chi connectivity index (χ2n) is 6.20. The Hall–Kier alpha value is -2.87. The van der Waals surface area contributed by atoms with Crippen molar-refractivity contribution in [1.82, 2.24) is 4.98 Å². The van der Waals surface area contributed by atoms with Crippen molar-refractivity contribution in [3.63, 3.8) is 0 Å². The van der Waals surface area contributed by atoms with E-state index in [1.807, 2.05) is 32.2 Å². The van der Waals surface area contributed by atoms with Gasteiger partial charge in [-0.25, -0.2) is 0 Å². The lowest BCUT2D eigenvalue weighted by Crippen LogP contribution is -2.06. The second kappa shape index (κ2) is 5.97. The minimum absolute atomic E-state index is 0.124. The van der Waals surface area contributed by atoms with E-state index in [0.29, 0.717) is 0 Å². The molecule has 0 aliphatic heterocycles. The maximum absolute atomic E-state index is 5.94. The van der Waals surface area contributed by atoms with Gasteiger partial charge in [-0.2, -0.15) is 0 Å². The molecular weight excluding hydrogens is 294 g/mol. The number of fused-ring (bicyclic) bond motifs is 2. The van der Waals surface area contributed by atoms with Crippen molar-refractivity contribution in [2.45, 2.75) is 20.0 Å². The Morgan fingerprint density at radius 1 is 0.750 bits per heavy atom. The molecule has 0 unspecified atom stereocenters. The van der Waals surface area contributed by atoms with E-state index in [-0.39, 0.29) is 6.10 Å². The molecule has 2 nitrogen and oxygen atoms in total. The van der Waals surface area contributed by atoms with Gasteiger partial charge in [0.1, 0.15) is 11.3 Å². The molecule has 2 heteroatoms. The van der Waals surface area contributed by atoms with Gasteiger partial charge >= 0.3 is 0 Å². The van der Waals surface area contributed by atoms with Gasteiger partial charge in [0.2, 0.25) is 0 Å². The smallest absolute Gasteiger partial charge is 0.145 e. The molecule has 0 spiro atoms. The summed E-state index contributed by atoms with van der Waals surface area (Å²) in [6, 6.07) is 23.2. The lowest BCUT2D eigenvalue weighted by molar-refractivity contribution is 0.245. The van der Waals surface area contributed by atoms with Crippen molar-refractivity contribution in [3.8, 4) is 16.9 Å². The largest absolute Gasteiger partial charge is 0.489 e. The number of benzene rings is 3. The van der Waals surface area contributed by atoms with Gasteiger partial charge in [-0.3, -0.25) is 4.98 Å². The molecule has 0 bridgehead atoms. The highest BCUT2D eigenvalue weighted by Gasteiger charge is 2.12. The van der Waals surface area contributed by atoms with Crippen LogP contribution >= 0.6 is 0 Å². The van der Waals surface area contributed by atoms with Gasteiger partial charge in [0, 0.05) is 11.6 Å². The molecule has 0 atom stereocenters. The summed E-state index contributed by atoms with van der Waals surface area (Å²) in [5, 5.41) is 3.62. The molecule has 0 aliphatic rings. The standard InChI is InChI=1S/C22H19NO/c1-15(2)24-21-13-12-19(20-11-6-14-23-22(20)21)18-10-5-8-16-7-3-4-9-17(16)18/h3-15H,1-2H3. The Kier molecular flexibility index (Phi) is 3.66. The Balaban J connectivity index is 2.01. The highest BCUT2D eigenvalue weighted by molar-refractivity contribution is 6.05. The highest BCUT2D eigenvalue weighted by atomic mass is 16.5. The summed E-state index contributed by atoms with van der Waals surface area (Å²) in [5.41, 5.74) is 3.32. The fraction of sp³-hybridized carbons (Fsp3) is 0.136. The van der Waals surface area contributed by atoms with Crippen LogP contribution in [0, 0.1) is 0 Å². The zero-order chi connectivity index (χ0) is 16.5. The first kappa shape index (κ1) is 14.7. The molecule has 0 aliphatic carbocycles. The van der Waals surface area contributed by atoms with Gasteiger partial charge in [0.15, 0.2) is 0 Å². The predicted molar refractivity (Wildman–Crippen MR) is 100 cm³/mol. The van der Waals surface area contributed by atoms with Crippen LogP contribution in [-0.4, -0.2) is 11.1 Å². The summed E-state index contributed by atoms with van der Waals surface area (Å²) >= 11 is 0. The fourth-order valence-electron chi connectivity index (χ4n) is 3.19. The summed E-state index contributed by atoms with van der Waals surface area (Å²) < 4.78 is 5.94. The van der Waals surface area contributed by atoms with E-state index in [1.165, 1.54) is 21.9 Å². The van der Waals surface area contributed by atoms with Crippen molar-refractivity contribution in [2.75, 3.05) is 0 Å². The van der Waals surface area contributed by atoms with E-state index in [0.717, 1.165) is 16.7 Å². The van der Waals surface area contributed by atoms with Crippen LogP contribution in [0.5, 0.6) is 5.75 Å². The van der Waals surface area contributed by atoms with Crippen molar-refractivity contribution in [2.24, 2.45) is 0 Å². The summed E-state index contributed by atoms with van der Waals surface area (Å²) in [4.78, 5) is 4.58. The van der Waals surface area contributed by atoms with Crippen LogP contribution in [0.3, 0.4) is 0 Å². The molecule has 24 heavy (non-hydrogen) atoms. The fourth-order valence-corrected chi connectivity index (χ4v) is 3.19. The number of hydrogen-bond acceptors (Lipinski definition) is 2. The Morgan fingerprint density at radius 2 is 1.50 bits per heavy atom. The number of nitrogens with zero attached hydrogens (tertiary/aromatic N) is 1. The van der Waals surface area contributed by atoms with E-state index in [4.69, 9.17) is 4.74 Å². The van der Waals surface area contributed by atoms with Crippen LogP contribution in [0.1, 0.15) is 13.8 Å². The minimum atomic E-state index is 0.124. The lowest BCUT2D eigenvalue weighted by atomic mass is 9.95. The molecule has 118 valence electrons. The van der Waals surface area contributed by atoms with Crippen LogP contribution in [-0.2, 0) is 0 Å². The van der Waals surface area contributed by atoms with Gasteiger partial charge in [-0.15, -0.1) is 0 Å². The monoisotopic (exact) mass is 313 g/mol. The van der Waals surface area contributed by atoms with E-state index >= 15 is 0 Å². The lowest BCUT2D eigenvalue weighted by Gasteiger charge is -2.15. The molecule has 0 fully saturated rings. The van der Waals surface area contributed by atoms with Gasteiger partial charge in [-0.05, 0) is 53.9 Å². The zero-order valence-electron chi connectivity index (χ0n) is 13.9. The number of pyridine rings is 1. The predicted octanol–water partition coefficient (Wildman–Crippen LogP) is 5.84. The van der Waals surface area contributed by atoms with Crippen molar-refractivity contribution in [1.29, 1.82) is 0 Å². The van der Waals surface area contributed by atoms with Gasteiger partial charge in [-0.1, -0.05) is 48.5 Å². The molecule has 0 radical (unpaired) electrons. The van der Waals surface area contributed by atoms with Crippen LogP contribution in [0.25, 0.3) is 32.8 Å². The van der Waals surface area contributed by atoms with Crippen molar-refractivity contribution < 1.29 is 4.74 Å². The average molecular weight is 313 g/mol. The summed E-state index contributed by atoms with van der Waals surface area (Å²) in [7, 11) is 0. The number of aromatic nitrogens is 1. The molecule has 1 aromatic heterocycles. The summed E-state index contributed by atoms with van der Waals surface area (Å²) in [6.45, 7) is 4.07. The van der Waals surface area contributed by atoms with Gasteiger partial charge in [0.25, 0.3) is 0 Å². The molecule has 0 N–H and O–H groups in total. The summed E-state index contributed by atoms with van der Waals surface area (Å²) in [6.07, 6.45) is 1.95. The number of hydrogen-bond donors (Lipinski definition) is 0. The summed E-state index contributed by atoms with van der Waals surface area (Å²) in [5.74, 6) is 0.838. The molecule has 0 saturated carbocycles. The second-order valence-corrected chi connectivity index (χ2v) is 6.20.